The molecule has 0 aliphatic rings. The highest BCUT2D eigenvalue weighted by Gasteiger charge is 2.09. The summed E-state index contributed by atoms with van der Waals surface area (Å²) >= 11 is 0. The lowest BCUT2D eigenvalue weighted by Gasteiger charge is -2.14. The second kappa shape index (κ2) is 6.93. The van der Waals surface area contributed by atoms with Crippen LogP contribution in [0.25, 0.3) is 0 Å². The molecule has 2 N–H and O–H groups in total. The van der Waals surface area contributed by atoms with Crippen LogP contribution in [0, 0.1) is 6.92 Å². The maximum atomic E-state index is 5.07. The molecule has 0 atom stereocenters. The molecule has 0 amide bonds. The fourth-order valence-electron chi connectivity index (χ4n) is 1.89. The van der Waals surface area contributed by atoms with Gasteiger partial charge in [0.1, 0.15) is 17.5 Å². The van der Waals surface area contributed by atoms with E-state index in [1.807, 2.05) is 13.0 Å². The molecule has 0 aliphatic heterocycles. The smallest absolute Gasteiger partial charge is 0.135 e. The largest absolute Gasteiger partial charge is 0.472 e. The summed E-state index contributed by atoms with van der Waals surface area (Å²) in [5.41, 5.74) is 2.16. The maximum absolute atomic E-state index is 5.07. The first-order chi connectivity index (χ1) is 9.74. The first kappa shape index (κ1) is 14.4. The summed E-state index contributed by atoms with van der Waals surface area (Å²) in [5.74, 6) is 2.66. The van der Waals surface area contributed by atoms with Crippen molar-refractivity contribution in [1.29, 1.82) is 0 Å². The summed E-state index contributed by atoms with van der Waals surface area (Å²) in [4.78, 5) is 9.12. The van der Waals surface area contributed by atoms with Gasteiger partial charge in [-0.15, -0.1) is 0 Å². The molecule has 20 heavy (non-hydrogen) atoms. The average Bonchev–Trinajstić information content (AvgIpc) is 2.98. The first-order valence-electron chi connectivity index (χ1n) is 7.10. The third-order valence-corrected chi connectivity index (χ3v) is 3.09. The molecule has 0 saturated heterocycles. The average molecular weight is 274 g/mol. The number of aryl methyl sites for hydroxylation is 1. The summed E-state index contributed by atoms with van der Waals surface area (Å²) < 4.78 is 5.07. The molecule has 0 spiro atoms. The van der Waals surface area contributed by atoms with E-state index < -0.39 is 0 Å². The van der Waals surface area contributed by atoms with Crippen LogP contribution in [-0.4, -0.2) is 16.5 Å². The van der Waals surface area contributed by atoms with Crippen molar-refractivity contribution in [3.8, 4) is 0 Å². The molecule has 2 heterocycles. The molecule has 2 rings (SSSR count). The predicted octanol–water partition coefficient (Wildman–Crippen LogP) is 3.37. The Balaban J connectivity index is 2.17. The fourth-order valence-corrected chi connectivity index (χ4v) is 1.89. The zero-order valence-corrected chi connectivity index (χ0v) is 12.4. The highest BCUT2D eigenvalue weighted by Crippen LogP contribution is 2.21. The van der Waals surface area contributed by atoms with E-state index in [9.17, 15) is 0 Å². The molecule has 2 aromatic rings. The van der Waals surface area contributed by atoms with Crippen molar-refractivity contribution in [2.45, 2.75) is 40.2 Å². The maximum Gasteiger partial charge on any atom is 0.135 e. The molecule has 2 aromatic heterocycles. The quantitative estimate of drug-likeness (QED) is 0.810. The van der Waals surface area contributed by atoms with E-state index in [-0.39, 0.29) is 0 Å². The standard InChI is InChI=1S/C15H22N4O/c1-4-7-16-14-11(3)15(19-13(5-2)18-14)17-9-12-6-8-20-10-12/h6,8,10H,4-5,7,9H2,1-3H3,(H2,16,17,18,19). The van der Waals surface area contributed by atoms with Crippen LogP contribution in [0.5, 0.6) is 0 Å². The number of hydrogen-bond acceptors (Lipinski definition) is 5. The summed E-state index contributed by atoms with van der Waals surface area (Å²) in [6, 6.07) is 1.94. The molecule has 5 heteroatoms. The van der Waals surface area contributed by atoms with Crippen LogP contribution in [0.2, 0.25) is 0 Å². The highest BCUT2D eigenvalue weighted by atomic mass is 16.3. The second-order valence-electron chi connectivity index (χ2n) is 4.73. The van der Waals surface area contributed by atoms with Crippen LogP contribution in [0.1, 0.15) is 37.2 Å². The van der Waals surface area contributed by atoms with Crippen molar-refractivity contribution in [2.75, 3.05) is 17.2 Å². The minimum atomic E-state index is 0.699. The van der Waals surface area contributed by atoms with E-state index in [0.717, 1.165) is 48.0 Å². The topological polar surface area (TPSA) is 63.0 Å². The summed E-state index contributed by atoms with van der Waals surface area (Å²) in [6.07, 6.45) is 5.31. The number of anilines is 2. The number of nitrogens with zero attached hydrogens (tertiary/aromatic N) is 2. The number of aromatic nitrogens is 2. The lowest BCUT2D eigenvalue weighted by Crippen LogP contribution is -2.11. The zero-order chi connectivity index (χ0) is 14.4. The van der Waals surface area contributed by atoms with Gasteiger partial charge in [-0.25, -0.2) is 9.97 Å². The van der Waals surface area contributed by atoms with Crippen molar-refractivity contribution in [3.05, 3.63) is 35.5 Å². The Hall–Kier alpha value is -2.04. The minimum absolute atomic E-state index is 0.699. The lowest BCUT2D eigenvalue weighted by molar-refractivity contribution is 0.564. The van der Waals surface area contributed by atoms with E-state index in [4.69, 9.17) is 4.42 Å². The zero-order valence-electron chi connectivity index (χ0n) is 12.4. The molecule has 0 fully saturated rings. The van der Waals surface area contributed by atoms with Crippen LogP contribution >= 0.6 is 0 Å². The molecule has 0 radical (unpaired) electrons. The van der Waals surface area contributed by atoms with Crippen LogP contribution in [0.3, 0.4) is 0 Å². The Bertz CT molecular complexity index is 537. The van der Waals surface area contributed by atoms with Crippen LogP contribution in [0.15, 0.2) is 23.0 Å². The molecule has 0 aromatic carbocycles. The molecule has 0 bridgehead atoms. The van der Waals surface area contributed by atoms with Gasteiger partial charge in [0.15, 0.2) is 0 Å². The number of hydrogen-bond donors (Lipinski definition) is 2. The monoisotopic (exact) mass is 274 g/mol. The van der Waals surface area contributed by atoms with Crippen molar-refractivity contribution < 1.29 is 4.42 Å². The molecule has 0 aliphatic carbocycles. The SMILES string of the molecule is CCCNc1nc(CC)nc(NCc2ccoc2)c1C. The summed E-state index contributed by atoms with van der Waals surface area (Å²) in [5, 5.41) is 6.72. The highest BCUT2D eigenvalue weighted by molar-refractivity contribution is 5.57. The van der Waals surface area contributed by atoms with Crippen LogP contribution in [-0.2, 0) is 13.0 Å². The first-order valence-corrected chi connectivity index (χ1v) is 7.10. The number of rotatable bonds is 7. The van der Waals surface area contributed by atoms with Gasteiger partial charge in [0, 0.05) is 30.6 Å². The molecule has 108 valence electrons. The van der Waals surface area contributed by atoms with E-state index in [0.29, 0.717) is 6.54 Å². The molecule has 0 unspecified atom stereocenters. The third kappa shape index (κ3) is 3.50. The van der Waals surface area contributed by atoms with Gasteiger partial charge in [-0.1, -0.05) is 13.8 Å². The summed E-state index contributed by atoms with van der Waals surface area (Å²) in [7, 11) is 0. The van der Waals surface area contributed by atoms with E-state index in [1.54, 1.807) is 12.5 Å². The molecular weight excluding hydrogens is 252 g/mol. The Morgan fingerprint density at radius 2 is 1.90 bits per heavy atom. The van der Waals surface area contributed by atoms with E-state index >= 15 is 0 Å². The Kier molecular flexibility index (Phi) is 4.98. The van der Waals surface area contributed by atoms with E-state index in [1.165, 1.54) is 0 Å². The van der Waals surface area contributed by atoms with Gasteiger partial charge in [-0.2, -0.15) is 0 Å². The predicted molar refractivity (Wildman–Crippen MR) is 81.0 cm³/mol. The number of furan rings is 1. The van der Waals surface area contributed by atoms with Crippen LogP contribution < -0.4 is 10.6 Å². The lowest BCUT2D eigenvalue weighted by atomic mass is 10.2. The Morgan fingerprint density at radius 1 is 1.15 bits per heavy atom. The van der Waals surface area contributed by atoms with E-state index in [2.05, 4.69) is 34.4 Å². The van der Waals surface area contributed by atoms with Gasteiger partial charge in [0.2, 0.25) is 0 Å². The van der Waals surface area contributed by atoms with Gasteiger partial charge in [0.05, 0.1) is 12.5 Å². The molecular formula is C15H22N4O. The second-order valence-corrected chi connectivity index (χ2v) is 4.73. The van der Waals surface area contributed by atoms with Crippen molar-refractivity contribution in [2.24, 2.45) is 0 Å². The molecule has 5 nitrogen and oxygen atoms in total. The fraction of sp³-hybridized carbons (Fsp3) is 0.467. The Labute approximate surface area is 119 Å². The Morgan fingerprint density at radius 3 is 2.50 bits per heavy atom. The van der Waals surface area contributed by atoms with Crippen molar-refractivity contribution in [3.63, 3.8) is 0 Å². The number of nitrogens with one attached hydrogen (secondary N) is 2. The van der Waals surface area contributed by atoms with Gasteiger partial charge in [-0.05, 0) is 19.4 Å². The van der Waals surface area contributed by atoms with Crippen molar-refractivity contribution >= 4 is 11.6 Å². The summed E-state index contributed by atoms with van der Waals surface area (Å²) in [6.45, 7) is 7.86. The van der Waals surface area contributed by atoms with Gasteiger partial charge in [0.25, 0.3) is 0 Å². The van der Waals surface area contributed by atoms with Crippen molar-refractivity contribution in [1.82, 2.24) is 9.97 Å². The van der Waals surface area contributed by atoms with Gasteiger partial charge in [-0.3, -0.25) is 0 Å². The van der Waals surface area contributed by atoms with Gasteiger partial charge < -0.3 is 15.1 Å². The van der Waals surface area contributed by atoms with Crippen LogP contribution in [0.4, 0.5) is 11.6 Å². The normalized spacial score (nSPS) is 10.6. The third-order valence-electron chi connectivity index (χ3n) is 3.09. The minimum Gasteiger partial charge on any atom is -0.472 e. The van der Waals surface area contributed by atoms with Gasteiger partial charge >= 0.3 is 0 Å². The molecule has 0 saturated carbocycles.